The average Bonchev–Trinajstić information content (AvgIpc) is 2.14. The molecule has 0 rings (SSSR count). The maximum atomic E-state index is 9.90. The molecule has 0 aliphatic carbocycles. The molecule has 0 aliphatic rings. The third-order valence-electron chi connectivity index (χ3n) is 1.05. The number of aliphatic carboxylic acids is 4. The molecule has 94 valence electrons. The van der Waals surface area contributed by atoms with Gasteiger partial charge in [0.2, 0.25) is 0 Å². The molecule has 0 radical (unpaired) electrons. The van der Waals surface area contributed by atoms with E-state index in [2.05, 4.69) is 0 Å². The third kappa shape index (κ3) is 16.1. The van der Waals surface area contributed by atoms with Crippen molar-refractivity contribution in [1.29, 1.82) is 0 Å². The Bertz CT molecular complexity index is 360. The molecule has 0 bridgehead atoms. The van der Waals surface area contributed by atoms with Crippen LogP contribution >= 0.6 is 0 Å². The van der Waals surface area contributed by atoms with E-state index in [1.165, 1.54) is 6.92 Å². The van der Waals surface area contributed by atoms with E-state index in [0.29, 0.717) is 18.2 Å². The Morgan fingerprint density at radius 2 is 1.12 bits per heavy atom. The van der Waals surface area contributed by atoms with E-state index in [-0.39, 0.29) is 5.57 Å². The highest BCUT2D eigenvalue weighted by molar-refractivity contribution is 5.94. The summed E-state index contributed by atoms with van der Waals surface area (Å²) >= 11 is 0. The maximum Gasteiger partial charge on any atom is 0.331 e. The molecule has 0 amide bonds. The second-order valence-corrected chi connectivity index (χ2v) is 2.48. The Labute approximate surface area is 95.1 Å². The zero-order chi connectivity index (χ0) is 14.0. The van der Waals surface area contributed by atoms with Gasteiger partial charge in [0.25, 0.3) is 0 Å². The molecule has 0 aromatic heterocycles. The fourth-order valence-electron chi connectivity index (χ4n) is 0.390. The standard InChI is InChI=1S/C5H6O4.C4H4O4/c1-3(5(8)9)2-4(6)7;5-3(6)1-2-4(7)8/h2H,1H3,(H,6,7)(H,8,9);1-2H,(H,5,6)(H,7,8)/b3-2+;2-1+. The molecule has 0 fully saturated rings. The third-order valence-corrected chi connectivity index (χ3v) is 1.05. The Morgan fingerprint density at radius 1 is 0.765 bits per heavy atom. The van der Waals surface area contributed by atoms with Crippen LogP contribution in [0.3, 0.4) is 0 Å². The lowest BCUT2D eigenvalue weighted by Crippen LogP contribution is -1.99. The van der Waals surface area contributed by atoms with E-state index in [9.17, 15) is 19.2 Å². The van der Waals surface area contributed by atoms with Gasteiger partial charge in [-0.2, -0.15) is 0 Å². The summed E-state index contributed by atoms with van der Waals surface area (Å²) in [6.45, 7) is 1.22. The fourth-order valence-corrected chi connectivity index (χ4v) is 0.390. The van der Waals surface area contributed by atoms with Crippen LogP contribution in [0.25, 0.3) is 0 Å². The van der Waals surface area contributed by atoms with Gasteiger partial charge in [0.15, 0.2) is 0 Å². The first-order valence-electron chi connectivity index (χ1n) is 3.95. The van der Waals surface area contributed by atoms with Crippen LogP contribution in [-0.2, 0) is 19.2 Å². The topological polar surface area (TPSA) is 149 Å². The summed E-state index contributed by atoms with van der Waals surface area (Å²) < 4.78 is 0. The molecule has 0 saturated carbocycles. The van der Waals surface area contributed by atoms with Crippen LogP contribution in [-0.4, -0.2) is 44.3 Å². The molecule has 0 aromatic carbocycles. The zero-order valence-corrected chi connectivity index (χ0v) is 8.65. The van der Waals surface area contributed by atoms with Crippen LogP contribution in [0.5, 0.6) is 0 Å². The van der Waals surface area contributed by atoms with Crippen molar-refractivity contribution in [2.45, 2.75) is 6.92 Å². The summed E-state index contributed by atoms with van der Waals surface area (Å²) in [5, 5.41) is 31.7. The highest BCUT2D eigenvalue weighted by atomic mass is 16.4. The molecule has 0 unspecified atom stereocenters. The van der Waals surface area contributed by atoms with Crippen molar-refractivity contribution in [3.05, 3.63) is 23.8 Å². The number of hydrogen-bond acceptors (Lipinski definition) is 4. The van der Waals surface area contributed by atoms with Gasteiger partial charge in [-0.3, -0.25) is 0 Å². The van der Waals surface area contributed by atoms with Gasteiger partial charge in [-0.15, -0.1) is 0 Å². The monoisotopic (exact) mass is 246 g/mol. The molecule has 0 spiro atoms. The molecule has 0 aromatic rings. The average molecular weight is 246 g/mol. The minimum Gasteiger partial charge on any atom is -0.478 e. The van der Waals surface area contributed by atoms with Crippen molar-refractivity contribution >= 4 is 23.9 Å². The second kappa shape index (κ2) is 8.65. The maximum absolute atomic E-state index is 9.90. The SMILES string of the molecule is C/C(=C\C(=O)O)C(=O)O.O=C(O)/C=C/C(=O)O. The van der Waals surface area contributed by atoms with E-state index < -0.39 is 23.9 Å². The fraction of sp³-hybridized carbons (Fsp3) is 0.111. The van der Waals surface area contributed by atoms with E-state index in [1.807, 2.05) is 0 Å². The molecule has 0 aliphatic heterocycles. The van der Waals surface area contributed by atoms with Crippen molar-refractivity contribution < 1.29 is 39.6 Å². The van der Waals surface area contributed by atoms with Crippen molar-refractivity contribution in [1.82, 2.24) is 0 Å². The van der Waals surface area contributed by atoms with Gasteiger partial charge in [-0.05, 0) is 6.92 Å². The summed E-state index contributed by atoms with van der Waals surface area (Å²) in [5.41, 5.74) is -0.178. The summed E-state index contributed by atoms with van der Waals surface area (Å²) in [7, 11) is 0. The number of hydrogen-bond donors (Lipinski definition) is 4. The largest absolute Gasteiger partial charge is 0.478 e. The van der Waals surface area contributed by atoms with Gasteiger partial charge in [-0.25, -0.2) is 19.2 Å². The van der Waals surface area contributed by atoms with Gasteiger partial charge >= 0.3 is 23.9 Å². The minimum atomic E-state index is -1.26. The Morgan fingerprint density at radius 3 is 1.24 bits per heavy atom. The van der Waals surface area contributed by atoms with Gasteiger partial charge in [-0.1, -0.05) is 0 Å². The first-order chi connectivity index (χ1) is 7.66. The Balaban J connectivity index is 0. The van der Waals surface area contributed by atoms with Crippen LogP contribution in [0.4, 0.5) is 0 Å². The molecule has 0 heterocycles. The lowest BCUT2D eigenvalue weighted by molar-refractivity contribution is -0.135. The van der Waals surface area contributed by atoms with Crippen LogP contribution in [0.1, 0.15) is 6.92 Å². The van der Waals surface area contributed by atoms with Crippen LogP contribution < -0.4 is 0 Å². The molecule has 0 atom stereocenters. The first kappa shape index (κ1) is 16.8. The molecule has 0 saturated heterocycles. The van der Waals surface area contributed by atoms with Crippen LogP contribution in [0.15, 0.2) is 23.8 Å². The molecule has 8 heteroatoms. The normalized spacial score (nSPS) is 10.3. The van der Waals surface area contributed by atoms with Gasteiger partial charge in [0, 0.05) is 23.8 Å². The highest BCUT2D eigenvalue weighted by Gasteiger charge is 2.00. The summed E-state index contributed by atoms with van der Waals surface area (Å²) in [5.74, 6) is -4.97. The summed E-state index contributed by atoms with van der Waals surface area (Å²) in [6, 6.07) is 0. The van der Waals surface area contributed by atoms with Crippen molar-refractivity contribution in [3.63, 3.8) is 0 Å². The first-order valence-corrected chi connectivity index (χ1v) is 3.95. The van der Waals surface area contributed by atoms with Gasteiger partial charge in [0.05, 0.1) is 0 Å². The lowest BCUT2D eigenvalue weighted by Gasteiger charge is -1.86. The van der Waals surface area contributed by atoms with Crippen molar-refractivity contribution in [2.24, 2.45) is 0 Å². The molecular formula is C9H10O8. The van der Waals surface area contributed by atoms with Crippen LogP contribution in [0, 0.1) is 0 Å². The molecular weight excluding hydrogens is 236 g/mol. The predicted octanol–water partition coefficient (Wildman–Crippen LogP) is -0.186. The predicted molar refractivity (Wildman–Crippen MR) is 53.4 cm³/mol. The Hall–Kier alpha value is -2.64. The minimum absolute atomic E-state index is 0.178. The van der Waals surface area contributed by atoms with Gasteiger partial charge < -0.3 is 20.4 Å². The van der Waals surface area contributed by atoms with Gasteiger partial charge in [0.1, 0.15) is 0 Å². The van der Waals surface area contributed by atoms with Crippen molar-refractivity contribution in [3.8, 4) is 0 Å². The highest BCUT2D eigenvalue weighted by Crippen LogP contribution is 1.89. The number of carboxylic acid groups (broad SMARTS) is 4. The second-order valence-electron chi connectivity index (χ2n) is 2.48. The van der Waals surface area contributed by atoms with Crippen molar-refractivity contribution in [2.75, 3.05) is 0 Å². The van der Waals surface area contributed by atoms with E-state index in [1.54, 1.807) is 0 Å². The Kier molecular flexibility index (Phi) is 8.54. The van der Waals surface area contributed by atoms with Crippen LogP contribution in [0.2, 0.25) is 0 Å². The van der Waals surface area contributed by atoms with E-state index >= 15 is 0 Å². The molecule has 17 heavy (non-hydrogen) atoms. The number of rotatable bonds is 4. The molecule has 8 nitrogen and oxygen atoms in total. The van der Waals surface area contributed by atoms with E-state index in [0.717, 1.165) is 0 Å². The number of carboxylic acids is 4. The number of carbonyl (C=O) groups is 4. The summed E-state index contributed by atoms with van der Waals surface area (Å²) in [4.78, 5) is 38.8. The summed E-state index contributed by atoms with van der Waals surface area (Å²) in [6.07, 6.45) is 1.76. The zero-order valence-electron chi connectivity index (χ0n) is 8.65. The lowest BCUT2D eigenvalue weighted by atomic mass is 10.3. The smallest absolute Gasteiger partial charge is 0.331 e. The quantitative estimate of drug-likeness (QED) is 0.498. The van der Waals surface area contributed by atoms with E-state index in [4.69, 9.17) is 20.4 Å². The molecule has 4 N–H and O–H groups in total.